The fraction of sp³-hybridized carbons (Fsp3) is 0.500. The van der Waals surface area contributed by atoms with Crippen LogP contribution in [-0.2, 0) is 9.59 Å². The molecule has 1 aromatic rings. The first-order valence-electron chi connectivity index (χ1n) is 8.43. The lowest BCUT2D eigenvalue weighted by atomic mass is 9.70. The van der Waals surface area contributed by atoms with Gasteiger partial charge in [0.1, 0.15) is 0 Å². The highest BCUT2D eigenvalue weighted by Gasteiger charge is 2.40. The molecule has 0 unspecified atom stereocenters. The lowest BCUT2D eigenvalue weighted by Gasteiger charge is -2.37. The van der Waals surface area contributed by atoms with E-state index in [9.17, 15) is 9.59 Å². The van der Waals surface area contributed by atoms with Crippen molar-refractivity contribution in [2.75, 3.05) is 0 Å². The zero-order chi connectivity index (χ0) is 16.8. The highest BCUT2D eigenvalue weighted by atomic mass is 16.2. The first kappa shape index (κ1) is 16.0. The summed E-state index contributed by atoms with van der Waals surface area (Å²) in [5.41, 5.74) is 3.96. The van der Waals surface area contributed by atoms with Gasteiger partial charge in [0.05, 0.1) is 0 Å². The zero-order valence-corrected chi connectivity index (χ0v) is 14.4. The van der Waals surface area contributed by atoms with E-state index in [-0.39, 0.29) is 23.0 Å². The van der Waals surface area contributed by atoms with Gasteiger partial charge in [0, 0.05) is 30.0 Å². The average Bonchev–Trinajstić information content (AvgIpc) is 2.44. The monoisotopic (exact) mass is 311 g/mol. The molecule has 23 heavy (non-hydrogen) atoms. The quantitative estimate of drug-likeness (QED) is 0.895. The minimum Gasteiger partial charge on any atom is -0.329 e. The van der Waals surface area contributed by atoms with Crippen molar-refractivity contribution in [3.63, 3.8) is 0 Å². The van der Waals surface area contributed by atoms with E-state index in [1.165, 1.54) is 5.56 Å². The van der Waals surface area contributed by atoms with Crippen molar-refractivity contribution in [2.45, 2.75) is 58.8 Å². The van der Waals surface area contributed by atoms with E-state index in [0.717, 1.165) is 23.3 Å². The van der Waals surface area contributed by atoms with Gasteiger partial charge in [-0.25, -0.2) is 0 Å². The van der Waals surface area contributed by atoms with Gasteiger partial charge in [-0.2, -0.15) is 0 Å². The normalized spacial score (nSPS) is 23.8. The van der Waals surface area contributed by atoms with Gasteiger partial charge in [0.25, 0.3) is 0 Å². The summed E-state index contributed by atoms with van der Waals surface area (Å²) in [7, 11) is 0. The molecule has 0 spiro atoms. The van der Waals surface area contributed by atoms with Crippen LogP contribution in [0.2, 0.25) is 0 Å². The SMILES string of the molecule is CC(C)c1ccc([C@@H]2CC(=O)NC3=C2C(=O)CC(C)(C)C3)cc1. The Morgan fingerprint density at radius 1 is 1.09 bits per heavy atom. The maximum atomic E-state index is 12.7. The maximum Gasteiger partial charge on any atom is 0.225 e. The summed E-state index contributed by atoms with van der Waals surface area (Å²) in [5.74, 6) is 0.593. The van der Waals surface area contributed by atoms with Crippen molar-refractivity contribution < 1.29 is 9.59 Å². The zero-order valence-electron chi connectivity index (χ0n) is 14.4. The molecule has 0 fully saturated rings. The summed E-state index contributed by atoms with van der Waals surface area (Å²) in [4.78, 5) is 24.8. The number of ketones is 1. The van der Waals surface area contributed by atoms with Crippen LogP contribution in [0.3, 0.4) is 0 Å². The number of carbonyl (C=O) groups excluding carboxylic acids is 2. The van der Waals surface area contributed by atoms with Gasteiger partial charge in [0.15, 0.2) is 5.78 Å². The Labute approximate surface area is 138 Å². The second kappa shape index (κ2) is 5.63. The molecule has 3 heteroatoms. The van der Waals surface area contributed by atoms with Crippen molar-refractivity contribution >= 4 is 11.7 Å². The molecule has 1 atom stereocenters. The number of hydrogen-bond donors (Lipinski definition) is 1. The summed E-state index contributed by atoms with van der Waals surface area (Å²) >= 11 is 0. The molecule has 122 valence electrons. The predicted octanol–water partition coefficient (Wildman–Crippen LogP) is 4.06. The molecule has 1 heterocycles. The minimum atomic E-state index is -0.0939. The molecule has 0 saturated heterocycles. The smallest absolute Gasteiger partial charge is 0.225 e. The highest BCUT2D eigenvalue weighted by molar-refractivity contribution is 6.02. The van der Waals surface area contributed by atoms with E-state index < -0.39 is 0 Å². The lowest BCUT2D eigenvalue weighted by Crippen LogP contribution is -2.40. The number of amides is 1. The van der Waals surface area contributed by atoms with E-state index in [4.69, 9.17) is 0 Å². The predicted molar refractivity (Wildman–Crippen MR) is 91.1 cm³/mol. The number of Topliss-reactive ketones (excluding diaryl/α,β-unsaturated/α-hetero) is 1. The van der Waals surface area contributed by atoms with Crippen LogP contribution in [0.1, 0.15) is 69.9 Å². The van der Waals surface area contributed by atoms with Crippen LogP contribution in [0.25, 0.3) is 0 Å². The van der Waals surface area contributed by atoms with Gasteiger partial charge in [-0.05, 0) is 28.9 Å². The third-order valence-electron chi connectivity index (χ3n) is 4.95. The Hall–Kier alpha value is -1.90. The first-order valence-corrected chi connectivity index (χ1v) is 8.43. The average molecular weight is 311 g/mol. The second-order valence-corrected chi connectivity index (χ2v) is 7.96. The third-order valence-corrected chi connectivity index (χ3v) is 4.95. The fourth-order valence-electron chi connectivity index (χ4n) is 3.76. The molecule has 2 aliphatic rings. The van der Waals surface area contributed by atoms with Crippen molar-refractivity contribution in [3.05, 3.63) is 46.7 Å². The standard InChI is InChI=1S/C20H25NO2/c1-12(2)13-5-7-14(8-6-13)15-9-18(23)21-16-10-20(3,4)11-17(22)19(15)16/h5-8,12,15H,9-11H2,1-4H3,(H,21,23)/t15-/m0/s1. The van der Waals surface area contributed by atoms with Gasteiger partial charge in [0.2, 0.25) is 5.91 Å². The number of nitrogens with one attached hydrogen (secondary N) is 1. The number of carbonyl (C=O) groups is 2. The summed E-state index contributed by atoms with van der Waals surface area (Å²) < 4.78 is 0. The van der Waals surface area contributed by atoms with Gasteiger partial charge in [-0.1, -0.05) is 52.0 Å². The summed E-state index contributed by atoms with van der Waals surface area (Å²) in [6, 6.07) is 8.39. The molecule has 0 bridgehead atoms. The first-order chi connectivity index (χ1) is 10.8. The Morgan fingerprint density at radius 3 is 2.35 bits per heavy atom. The molecule has 3 rings (SSSR count). The number of allylic oxidation sites excluding steroid dienone is 2. The van der Waals surface area contributed by atoms with E-state index in [1.54, 1.807) is 0 Å². The molecule has 1 amide bonds. The largest absolute Gasteiger partial charge is 0.329 e. The van der Waals surface area contributed by atoms with Crippen LogP contribution in [0.5, 0.6) is 0 Å². The summed E-state index contributed by atoms with van der Waals surface area (Å²) in [5, 5.41) is 2.95. The van der Waals surface area contributed by atoms with Crippen molar-refractivity contribution in [1.29, 1.82) is 0 Å². The minimum absolute atomic E-state index is 0.0205. The van der Waals surface area contributed by atoms with Gasteiger partial charge in [-0.3, -0.25) is 9.59 Å². The second-order valence-electron chi connectivity index (χ2n) is 7.96. The number of benzene rings is 1. The molecule has 1 aliphatic carbocycles. The molecule has 0 saturated carbocycles. The fourth-order valence-corrected chi connectivity index (χ4v) is 3.76. The summed E-state index contributed by atoms with van der Waals surface area (Å²) in [6.45, 7) is 8.50. The molecule has 1 N–H and O–H groups in total. The Bertz CT molecular complexity index is 680. The van der Waals surface area contributed by atoms with Crippen LogP contribution in [-0.4, -0.2) is 11.7 Å². The molecular weight excluding hydrogens is 286 g/mol. The van der Waals surface area contributed by atoms with Crippen LogP contribution in [0.15, 0.2) is 35.5 Å². The lowest BCUT2D eigenvalue weighted by molar-refractivity contribution is -0.122. The Balaban J connectivity index is 2.01. The van der Waals surface area contributed by atoms with E-state index >= 15 is 0 Å². The van der Waals surface area contributed by atoms with Crippen LogP contribution in [0.4, 0.5) is 0 Å². The Morgan fingerprint density at radius 2 is 1.74 bits per heavy atom. The van der Waals surface area contributed by atoms with Crippen LogP contribution < -0.4 is 5.32 Å². The molecule has 1 aromatic carbocycles. The molecule has 3 nitrogen and oxygen atoms in total. The van der Waals surface area contributed by atoms with Crippen LogP contribution >= 0.6 is 0 Å². The molecule has 0 aromatic heterocycles. The van der Waals surface area contributed by atoms with Crippen molar-refractivity contribution in [2.24, 2.45) is 5.41 Å². The highest BCUT2D eigenvalue weighted by Crippen LogP contribution is 2.43. The van der Waals surface area contributed by atoms with E-state index in [2.05, 4.69) is 57.3 Å². The Kier molecular flexibility index (Phi) is 3.91. The van der Waals surface area contributed by atoms with Crippen molar-refractivity contribution in [1.82, 2.24) is 5.32 Å². The topological polar surface area (TPSA) is 46.2 Å². The van der Waals surface area contributed by atoms with Crippen molar-refractivity contribution in [3.8, 4) is 0 Å². The van der Waals surface area contributed by atoms with Gasteiger partial charge < -0.3 is 5.32 Å². The van der Waals surface area contributed by atoms with Crippen LogP contribution in [0, 0.1) is 5.41 Å². The number of hydrogen-bond acceptors (Lipinski definition) is 2. The van der Waals surface area contributed by atoms with Gasteiger partial charge in [-0.15, -0.1) is 0 Å². The third kappa shape index (κ3) is 3.10. The number of rotatable bonds is 2. The molecule has 0 radical (unpaired) electrons. The van der Waals surface area contributed by atoms with E-state index in [0.29, 0.717) is 18.8 Å². The van der Waals surface area contributed by atoms with Gasteiger partial charge >= 0.3 is 0 Å². The summed E-state index contributed by atoms with van der Waals surface area (Å²) in [6.07, 6.45) is 1.69. The molecule has 1 aliphatic heterocycles. The molecular formula is C20H25NO2. The van der Waals surface area contributed by atoms with E-state index in [1.807, 2.05) is 0 Å². The maximum absolute atomic E-state index is 12.7.